The van der Waals surface area contributed by atoms with Crippen molar-refractivity contribution in [3.8, 4) is 0 Å². The van der Waals surface area contributed by atoms with Gasteiger partial charge in [0.1, 0.15) is 5.82 Å². The van der Waals surface area contributed by atoms with E-state index >= 15 is 0 Å². The van der Waals surface area contributed by atoms with E-state index in [1.807, 2.05) is 24.3 Å². The van der Waals surface area contributed by atoms with E-state index in [0.717, 1.165) is 43.7 Å². The summed E-state index contributed by atoms with van der Waals surface area (Å²) in [5.41, 5.74) is 8.09. The normalized spacial score (nSPS) is 15.6. The number of rotatable bonds is 8. The lowest BCUT2D eigenvalue weighted by Crippen LogP contribution is -2.43. The maximum Gasteiger partial charge on any atom is 0.335 e. The van der Waals surface area contributed by atoms with Crippen LogP contribution in [0.2, 0.25) is 0 Å². The highest BCUT2D eigenvalue weighted by Gasteiger charge is 2.29. The molecule has 2 aromatic carbocycles. The fourth-order valence-electron chi connectivity index (χ4n) is 3.68. The number of carbonyl (C=O) groups is 3. The minimum Gasteiger partial charge on any atom is -0.479 e. The monoisotopic (exact) mass is 491 g/mol. The number of amides is 1. The topological polar surface area (TPSA) is 165 Å². The second kappa shape index (κ2) is 12.8. The molecule has 0 saturated carbocycles. The third kappa shape index (κ3) is 8.32. The fraction of sp³-hybridized carbons (Fsp3) is 0.375. The lowest BCUT2D eigenvalue weighted by Gasteiger charge is -2.38. The van der Waals surface area contributed by atoms with Crippen molar-refractivity contribution in [2.45, 2.75) is 37.6 Å². The molecule has 3 rings (SSSR count). The number of hydrogen-bond acceptors (Lipinski definition) is 7. The van der Waals surface area contributed by atoms with Gasteiger partial charge < -0.3 is 31.1 Å². The first kappa shape index (κ1) is 27.7. The van der Waals surface area contributed by atoms with Crippen LogP contribution >= 0.6 is 0 Å². The molecular weight excluding hydrogens is 461 g/mol. The average Bonchev–Trinajstić information content (AvgIpc) is 2.85. The van der Waals surface area contributed by atoms with Crippen molar-refractivity contribution in [1.82, 2.24) is 4.90 Å². The quantitative estimate of drug-likeness (QED) is 0.361. The van der Waals surface area contributed by atoms with Crippen LogP contribution in [-0.4, -0.2) is 81.6 Å². The Kier molecular flexibility index (Phi) is 10.1. The number of piperidine rings is 1. The molecule has 1 fully saturated rings. The van der Waals surface area contributed by atoms with Crippen molar-refractivity contribution >= 4 is 23.5 Å². The van der Waals surface area contributed by atoms with Crippen LogP contribution in [0.1, 0.15) is 28.8 Å². The van der Waals surface area contributed by atoms with Crippen molar-refractivity contribution < 1.29 is 39.2 Å². The first-order chi connectivity index (χ1) is 16.5. The summed E-state index contributed by atoms with van der Waals surface area (Å²) in [4.78, 5) is 35.4. The van der Waals surface area contributed by atoms with Crippen molar-refractivity contribution in [2.24, 2.45) is 5.73 Å². The summed E-state index contributed by atoms with van der Waals surface area (Å²) in [6, 6.07) is 14.7. The molecule has 1 amide bonds. The second-order valence-corrected chi connectivity index (χ2v) is 8.24. The average molecular weight is 492 g/mol. The third-order valence-corrected chi connectivity index (χ3v) is 5.76. The number of nitrogens with zero attached hydrogens (tertiary/aromatic N) is 2. The number of anilines is 1. The molecule has 0 radical (unpaired) electrons. The number of benzene rings is 2. The van der Waals surface area contributed by atoms with Gasteiger partial charge in [-0.1, -0.05) is 12.1 Å². The molecule has 190 valence electrons. The SMILES string of the molecule is CN(Cc1ccc(F)cc1)C1CCN(c2ccc(C(N)=O)cc2)CC1.O=C(O)C(O)C(O)C(=O)O. The van der Waals surface area contributed by atoms with E-state index in [4.69, 9.17) is 26.2 Å². The van der Waals surface area contributed by atoms with Gasteiger partial charge in [-0.2, -0.15) is 0 Å². The third-order valence-electron chi connectivity index (χ3n) is 5.76. The molecule has 2 atom stereocenters. The first-order valence-corrected chi connectivity index (χ1v) is 10.9. The molecule has 2 unspecified atom stereocenters. The molecule has 1 heterocycles. The zero-order valence-electron chi connectivity index (χ0n) is 19.2. The minimum atomic E-state index is -2.27. The Hall–Kier alpha value is -3.54. The Morgan fingerprint density at radius 2 is 1.46 bits per heavy atom. The van der Waals surface area contributed by atoms with E-state index in [1.165, 1.54) is 12.1 Å². The summed E-state index contributed by atoms with van der Waals surface area (Å²) in [6.45, 7) is 2.79. The van der Waals surface area contributed by atoms with Crippen LogP contribution in [-0.2, 0) is 16.1 Å². The molecule has 6 N–H and O–H groups in total. The van der Waals surface area contributed by atoms with Gasteiger partial charge in [-0.15, -0.1) is 0 Å². The van der Waals surface area contributed by atoms with Crippen LogP contribution in [0.3, 0.4) is 0 Å². The summed E-state index contributed by atoms with van der Waals surface area (Å²) >= 11 is 0. The first-order valence-electron chi connectivity index (χ1n) is 10.9. The zero-order valence-corrected chi connectivity index (χ0v) is 19.2. The maximum absolute atomic E-state index is 13.0. The molecule has 0 spiro atoms. The fourth-order valence-corrected chi connectivity index (χ4v) is 3.68. The van der Waals surface area contributed by atoms with Gasteiger partial charge in [0.15, 0.2) is 12.2 Å². The zero-order chi connectivity index (χ0) is 26.1. The Labute approximate surface area is 202 Å². The van der Waals surface area contributed by atoms with Crippen molar-refractivity contribution in [3.05, 3.63) is 65.5 Å². The van der Waals surface area contributed by atoms with Crippen LogP contribution < -0.4 is 10.6 Å². The number of carboxylic acid groups (broad SMARTS) is 2. The summed E-state index contributed by atoms with van der Waals surface area (Å²) in [6.07, 6.45) is -2.38. The van der Waals surface area contributed by atoms with Gasteiger partial charge in [0.2, 0.25) is 5.91 Å². The summed E-state index contributed by atoms with van der Waals surface area (Å²) in [7, 11) is 2.13. The maximum atomic E-state index is 13.0. The van der Waals surface area contributed by atoms with Gasteiger partial charge >= 0.3 is 11.9 Å². The van der Waals surface area contributed by atoms with Gasteiger partial charge in [0.05, 0.1) is 0 Å². The summed E-state index contributed by atoms with van der Waals surface area (Å²) in [5.74, 6) is -4.13. The Balaban J connectivity index is 0.000000367. The Morgan fingerprint density at radius 1 is 0.971 bits per heavy atom. The van der Waals surface area contributed by atoms with E-state index in [0.29, 0.717) is 11.6 Å². The number of carbonyl (C=O) groups excluding carboxylic acids is 1. The highest BCUT2D eigenvalue weighted by atomic mass is 19.1. The van der Waals surface area contributed by atoms with E-state index in [1.54, 1.807) is 12.1 Å². The predicted molar refractivity (Wildman–Crippen MR) is 125 cm³/mol. The predicted octanol–water partition coefficient (Wildman–Crippen LogP) is 0.903. The molecule has 11 heteroatoms. The smallest absolute Gasteiger partial charge is 0.335 e. The molecule has 1 aliphatic heterocycles. The van der Waals surface area contributed by atoms with Gasteiger partial charge in [-0.3, -0.25) is 9.69 Å². The van der Waals surface area contributed by atoms with Crippen molar-refractivity contribution in [2.75, 3.05) is 25.0 Å². The number of halogens is 1. The lowest BCUT2D eigenvalue weighted by atomic mass is 10.0. The molecule has 2 aromatic rings. The second-order valence-electron chi connectivity index (χ2n) is 8.24. The number of carboxylic acids is 2. The van der Waals surface area contributed by atoms with Crippen LogP contribution in [0.4, 0.5) is 10.1 Å². The highest BCUT2D eigenvalue weighted by molar-refractivity contribution is 5.93. The molecule has 0 aromatic heterocycles. The van der Waals surface area contributed by atoms with E-state index < -0.39 is 30.1 Å². The van der Waals surface area contributed by atoms with Gasteiger partial charge in [-0.05, 0) is 61.9 Å². The molecular formula is C24H30FN3O7. The minimum absolute atomic E-state index is 0.193. The number of nitrogens with two attached hydrogens (primary N) is 1. The largest absolute Gasteiger partial charge is 0.479 e. The lowest BCUT2D eigenvalue weighted by molar-refractivity contribution is -0.165. The van der Waals surface area contributed by atoms with E-state index in [2.05, 4.69) is 16.8 Å². The molecule has 0 aliphatic carbocycles. The van der Waals surface area contributed by atoms with Crippen LogP contribution in [0.25, 0.3) is 0 Å². The number of aliphatic hydroxyl groups is 2. The van der Waals surface area contributed by atoms with E-state index in [-0.39, 0.29) is 5.82 Å². The van der Waals surface area contributed by atoms with Gasteiger partial charge in [0, 0.05) is 36.9 Å². The van der Waals surface area contributed by atoms with E-state index in [9.17, 15) is 18.8 Å². The Bertz CT molecular complexity index is 975. The Morgan fingerprint density at radius 3 is 1.89 bits per heavy atom. The standard InChI is InChI=1S/C20H24FN3O.C4H6O6/c1-23(14-15-2-6-17(21)7-3-15)18-10-12-24(13-11-18)19-8-4-16(5-9-19)20(22)25;5-1(3(7)8)2(6)4(9)10/h2-9,18H,10-14H2,1H3,(H2,22,25);1-2,5-6H,(H,7,8)(H,9,10). The van der Waals surface area contributed by atoms with Crippen LogP contribution in [0.5, 0.6) is 0 Å². The number of hydrogen-bond donors (Lipinski definition) is 5. The molecule has 1 aliphatic rings. The summed E-state index contributed by atoms with van der Waals surface area (Å²) in [5, 5.41) is 32.5. The highest BCUT2D eigenvalue weighted by Crippen LogP contribution is 2.23. The number of primary amides is 1. The van der Waals surface area contributed by atoms with Gasteiger partial charge in [0.25, 0.3) is 0 Å². The van der Waals surface area contributed by atoms with Gasteiger partial charge in [-0.25, -0.2) is 14.0 Å². The van der Waals surface area contributed by atoms with Crippen molar-refractivity contribution in [3.63, 3.8) is 0 Å². The molecule has 1 saturated heterocycles. The molecule has 0 bridgehead atoms. The van der Waals surface area contributed by atoms with Crippen molar-refractivity contribution in [1.29, 1.82) is 0 Å². The summed E-state index contributed by atoms with van der Waals surface area (Å²) < 4.78 is 13.0. The van der Waals surface area contributed by atoms with Crippen LogP contribution in [0.15, 0.2) is 48.5 Å². The molecule has 10 nitrogen and oxygen atoms in total. The molecule has 35 heavy (non-hydrogen) atoms. The van der Waals surface area contributed by atoms with Crippen LogP contribution in [0, 0.1) is 5.82 Å². The number of aliphatic carboxylic acids is 2. The number of aliphatic hydroxyl groups excluding tert-OH is 2.